The van der Waals surface area contributed by atoms with Crippen molar-refractivity contribution in [1.29, 1.82) is 0 Å². The highest BCUT2D eigenvalue weighted by atomic mass is 16.5. The van der Waals surface area contributed by atoms with Crippen molar-refractivity contribution in [3.8, 4) is 11.5 Å². The Morgan fingerprint density at radius 1 is 0.611 bits per heavy atom. The molecule has 4 rings (SSSR count). The quantitative estimate of drug-likeness (QED) is 0.321. The van der Waals surface area contributed by atoms with Gasteiger partial charge in [-0.05, 0) is 72.8 Å². The predicted molar refractivity (Wildman–Crippen MR) is 138 cm³/mol. The van der Waals surface area contributed by atoms with Crippen LogP contribution in [0.3, 0.4) is 0 Å². The maximum absolute atomic E-state index is 12.5. The predicted octanol–water partition coefficient (Wildman–Crippen LogP) is 5.20. The number of hydrogen-bond acceptors (Lipinski definition) is 5. The highest BCUT2D eigenvalue weighted by molar-refractivity contribution is 6.09. The molecule has 0 heterocycles. The summed E-state index contributed by atoms with van der Waals surface area (Å²) in [6.45, 7) is -0.203. The molecule has 7 heteroatoms. The molecular formula is C29H24N2O5. The fraction of sp³-hybridized carbons (Fsp3) is 0.0690. The lowest BCUT2D eigenvalue weighted by atomic mass is 10.0. The van der Waals surface area contributed by atoms with Crippen LogP contribution >= 0.6 is 0 Å². The second-order valence-electron chi connectivity index (χ2n) is 7.82. The molecule has 0 bridgehead atoms. The summed E-state index contributed by atoms with van der Waals surface area (Å²) in [6.07, 6.45) is 0. The van der Waals surface area contributed by atoms with Crippen LogP contribution in [0.25, 0.3) is 0 Å². The number of hydrogen-bond donors (Lipinski definition) is 2. The number of amides is 2. The van der Waals surface area contributed by atoms with Crippen LogP contribution < -0.4 is 20.1 Å². The van der Waals surface area contributed by atoms with Gasteiger partial charge in [0.15, 0.2) is 12.4 Å². The van der Waals surface area contributed by atoms with Gasteiger partial charge in [-0.15, -0.1) is 0 Å². The Hall–Kier alpha value is -4.91. The third-order valence-electron chi connectivity index (χ3n) is 5.30. The van der Waals surface area contributed by atoms with Gasteiger partial charge in [-0.25, -0.2) is 0 Å². The number of rotatable bonds is 9. The molecule has 0 aromatic heterocycles. The minimum Gasteiger partial charge on any atom is -0.497 e. The summed E-state index contributed by atoms with van der Waals surface area (Å²) >= 11 is 0. The summed E-state index contributed by atoms with van der Waals surface area (Å²) < 4.78 is 10.6. The Morgan fingerprint density at radius 3 is 1.78 bits per heavy atom. The van der Waals surface area contributed by atoms with Crippen LogP contribution in [0, 0.1) is 0 Å². The van der Waals surface area contributed by atoms with Crippen LogP contribution in [0.2, 0.25) is 0 Å². The van der Waals surface area contributed by atoms with Gasteiger partial charge in [0.2, 0.25) is 0 Å². The molecule has 7 nitrogen and oxygen atoms in total. The first-order valence-corrected chi connectivity index (χ1v) is 11.2. The summed E-state index contributed by atoms with van der Waals surface area (Å²) in [5.74, 6) is 0.471. The van der Waals surface area contributed by atoms with E-state index in [1.54, 1.807) is 92.0 Å². The molecule has 4 aromatic carbocycles. The van der Waals surface area contributed by atoms with E-state index in [4.69, 9.17) is 9.47 Å². The van der Waals surface area contributed by atoms with Crippen LogP contribution in [0.4, 0.5) is 11.4 Å². The zero-order valence-corrected chi connectivity index (χ0v) is 19.6. The summed E-state index contributed by atoms with van der Waals surface area (Å²) in [5.41, 5.74) is 2.77. The molecule has 0 unspecified atom stereocenters. The molecule has 0 radical (unpaired) electrons. The van der Waals surface area contributed by atoms with Gasteiger partial charge in [-0.2, -0.15) is 0 Å². The molecule has 0 aliphatic carbocycles. The van der Waals surface area contributed by atoms with Crippen LogP contribution in [-0.4, -0.2) is 31.3 Å². The third kappa shape index (κ3) is 6.36. The Kier molecular flexibility index (Phi) is 7.73. The van der Waals surface area contributed by atoms with E-state index in [2.05, 4.69) is 10.6 Å². The van der Waals surface area contributed by atoms with E-state index in [0.29, 0.717) is 39.6 Å². The Morgan fingerprint density at radius 2 is 1.14 bits per heavy atom. The van der Waals surface area contributed by atoms with Gasteiger partial charge >= 0.3 is 0 Å². The van der Waals surface area contributed by atoms with Gasteiger partial charge in [0.25, 0.3) is 11.8 Å². The van der Waals surface area contributed by atoms with Crippen molar-refractivity contribution in [1.82, 2.24) is 0 Å². The van der Waals surface area contributed by atoms with E-state index in [1.165, 1.54) is 0 Å². The van der Waals surface area contributed by atoms with Gasteiger partial charge in [-0.3, -0.25) is 14.4 Å². The number of carbonyl (C=O) groups is 3. The summed E-state index contributed by atoms with van der Waals surface area (Å²) in [7, 11) is 1.58. The molecule has 0 aliphatic rings. The first kappa shape index (κ1) is 24.2. The number of nitrogens with one attached hydrogen (secondary N) is 2. The van der Waals surface area contributed by atoms with Crippen molar-refractivity contribution in [3.63, 3.8) is 0 Å². The fourth-order valence-electron chi connectivity index (χ4n) is 3.39. The fourth-order valence-corrected chi connectivity index (χ4v) is 3.39. The van der Waals surface area contributed by atoms with Gasteiger partial charge in [0.05, 0.1) is 7.11 Å². The number of anilines is 2. The number of ketones is 1. The largest absolute Gasteiger partial charge is 0.497 e. The molecule has 2 amide bonds. The molecule has 4 aromatic rings. The Balaban J connectivity index is 1.26. The van der Waals surface area contributed by atoms with E-state index in [9.17, 15) is 14.4 Å². The second-order valence-corrected chi connectivity index (χ2v) is 7.82. The van der Waals surface area contributed by atoms with Crippen LogP contribution in [0.5, 0.6) is 11.5 Å². The molecule has 0 saturated heterocycles. The summed E-state index contributed by atoms with van der Waals surface area (Å²) in [4.78, 5) is 37.2. The summed E-state index contributed by atoms with van der Waals surface area (Å²) in [6, 6.07) is 29.2. The Bertz CT molecular complexity index is 1330. The molecule has 180 valence electrons. The summed E-state index contributed by atoms with van der Waals surface area (Å²) in [5, 5.41) is 5.53. The number of methoxy groups -OCH3 is 1. The van der Waals surface area contributed by atoms with Crippen LogP contribution in [-0.2, 0) is 4.79 Å². The van der Waals surface area contributed by atoms with Gasteiger partial charge < -0.3 is 20.1 Å². The third-order valence-corrected chi connectivity index (χ3v) is 5.30. The minimum absolute atomic E-state index is 0.0824. The van der Waals surface area contributed by atoms with Gasteiger partial charge in [-0.1, -0.05) is 30.3 Å². The number of benzene rings is 4. The second kappa shape index (κ2) is 11.5. The standard InChI is InChI=1S/C29H24N2O5/c1-35-25-17-13-24(14-18-25)31-29(34)22-7-11-23(12-8-22)30-27(32)19-36-26-15-9-21(10-16-26)28(33)20-5-3-2-4-6-20/h2-18H,19H2,1H3,(H,30,32)(H,31,34). The average Bonchev–Trinajstić information content (AvgIpc) is 2.93. The van der Waals surface area contributed by atoms with Crippen LogP contribution in [0.15, 0.2) is 103 Å². The van der Waals surface area contributed by atoms with Crippen molar-refractivity contribution in [2.45, 2.75) is 0 Å². The van der Waals surface area contributed by atoms with Crippen molar-refractivity contribution >= 4 is 29.0 Å². The van der Waals surface area contributed by atoms with E-state index >= 15 is 0 Å². The van der Waals surface area contributed by atoms with Gasteiger partial charge in [0, 0.05) is 28.1 Å². The minimum atomic E-state index is -0.352. The molecule has 36 heavy (non-hydrogen) atoms. The van der Waals surface area contributed by atoms with Crippen molar-refractivity contribution in [2.75, 3.05) is 24.4 Å². The van der Waals surface area contributed by atoms with E-state index in [-0.39, 0.29) is 24.2 Å². The first-order chi connectivity index (χ1) is 17.5. The zero-order valence-electron chi connectivity index (χ0n) is 19.6. The highest BCUT2D eigenvalue weighted by Crippen LogP contribution is 2.18. The lowest BCUT2D eigenvalue weighted by Gasteiger charge is -2.09. The maximum Gasteiger partial charge on any atom is 0.262 e. The highest BCUT2D eigenvalue weighted by Gasteiger charge is 2.10. The molecular weight excluding hydrogens is 456 g/mol. The Labute approximate surface area is 208 Å². The van der Waals surface area contributed by atoms with Gasteiger partial charge in [0.1, 0.15) is 11.5 Å². The number of carbonyl (C=O) groups excluding carboxylic acids is 3. The lowest BCUT2D eigenvalue weighted by Crippen LogP contribution is -2.20. The van der Waals surface area contributed by atoms with Crippen molar-refractivity contribution in [2.24, 2.45) is 0 Å². The molecule has 0 atom stereocenters. The molecule has 0 aliphatic heterocycles. The monoisotopic (exact) mass is 480 g/mol. The average molecular weight is 481 g/mol. The normalized spacial score (nSPS) is 10.2. The van der Waals surface area contributed by atoms with Crippen molar-refractivity contribution < 1.29 is 23.9 Å². The van der Waals surface area contributed by atoms with Crippen LogP contribution in [0.1, 0.15) is 26.3 Å². The number of ether oxygens (including phenoxy) is 2. The van der Waals surface area contributed by atoms with Crippen molar-refractivity contribution in [3.05, 3.63) is 120 Å². The SMILES string of the molecule is COc1ccc(NC(=O)c2ccc(NC(=O)COc3ccc(C(=O)c4ccccc4)cc3)cc2)cc1. The van der Waals surface area contributed by atoms with E-state index < -0.39 is 0 Å². The first-order valence-electron chi connectivity index (χ1n) is 11.2. The molecule has 0 saturated carbocycles. The molecule has 2 N–H and O–H groups in total. The topological polar surface area (TPSA) is 93.7 Å². The lowest BCUT2D eigenvalue weighted by molar-refractivity contribution is -0.118. The zero-order chi connectivity index (χ0) is 25.3. The molecule has 0 fully saturated rings. The van der Waals surface area contributed by atoms with E-state index in [1.807, 2.05) is 18.2 Å². The maximum atomic E-state index is 12.5. The van der Waals surface area contributed by atoms with E-state index in [0.717, 1.165) is 0 Å². The smallest absolute Gasteiger partial charge is 0.262 e. The molecule has 0 spiro atoms.